The molecule has 1 spiro atoms. The summed E-state index contributed by atoms with van der Waals surface area (Å²) < 4.78 is 0. The number of hydrogen-bond donors (Lipinski definition) is 1. The van der Waals surface area contributed by atoms with E-state index >= 15 is 0 Å². The van der Waals surface area contributed by atoms with Gasteiger partial charge >= 0.3 is 0 Å². The zero-order valence-electron chi connectivity index (χ0n) is 15.7. The zero-order chi connectivity index (χ0) is 18.0. The summed E-state index contributed by atoms with van der Waals surface area (Å²) in [7, 11) is 0. The first-order valence-electron chi connectivity index (χ1n) is 10.0. The van der Waals surface area contributed by atoms with Crippen LogP contribution in [-0.2, 0) is 4.84 Å². The van der Waals surface area contributed by atoms with Gasteiger partial charge in [-0.2, -0.15) is 0 Å². The average molecular weight is 372 g/mol. The van der Waals surface area contributed by atoms with Crippen molar-refractivity contribution in [1.82, 2.24) is 10.2 Å². The molecule has 1 saturated heterocycles. The molecule has 2 heterocycles. The van der Waals surface area contributed by atoms with E-state index in [9.17, 15) is 0 Å². The molecule has 1 saturated carbocycles. The smallest absolute Gasteiger partial charge is 0.169 e. The van der Waals surface area contributed by atoms with Crippen molar-refractivity contribution in [2.24, 2.45) is 5.16 Å². The molecule has 2 fully saturated rings. The van der Waals surface area contributed by atoms with E-state index in [4.69, 9.17) is 17.1 Å². The average Bonchev–Trinajstić information content (AvgIpc) is 3.07. The zero-order valence-corrected chi connectivity index (χ0v) is 16.5. The molecule has 0 unspecified atom stereocenters. The van der Waals surface area contributed by atoms with Gasteiger partial charge in [-0.3, -0.25) is 0 Å². The summed E-state index contributed by atoms with van der Waals surface area (Å²) in [6.45, 7) is 4.02. The maximum Gasteiger partial charge on any atom is 0.169 e. The van der Waals surface area contributed by atoms with Gasteiger partial charge in [0.25, 0.3) is 0 Å². The number of hydrogen-bond acceptors (Lipinski definition) is 3. The van der Waals surface area contributed by atoms with Gasteiger partial charge in [0.05, 0.1) is 5.71 Å². The topological polar surface area (TPSA) is 36.9 Å². The van der Waals surface area contributed by atoms with E-state index in [0.717, 1.165) is 43.2 Å². The Morgan fingerprint density at radius 2 is 1.85 bits per heavy atom. The van der Waals surface area contributed by atoms with Crippen LogP contribution in [0.5, 0.6) is 0 Å². The van der Waals surface area contributed by atoms with Gasteiger partial charge in [0.15, 0.2) is 5.11 Å². The molecule has 1 aliphatic carbocycles. The van der Waals surface area contributed by atoms with Gasteiger partial charge in [0.1, 0.15) is 5.60 Å². The van der Waals surface area contributed by atoms with E-state index in [1.807, 2.05) is 0 Å². The van der Waals surface area contributed by atoms with Gasteiger partial charge in [-0.25, -0.2) is 0 Å². The summed E-state index contributed by atoms with van der Waals surface area (Å²) >= 11 is 5.68. The molecule has 3 aliphatic rings. The van der Waals surface area contributed by atoms with Crippen LogP contribution in [0.25, 0.3) is 0 Å². The van der Waals surface area contributed by atoms with Gasteiger partial charge < -0.3 is 15.1 Å². The number of thiocarbonyl (C=S) groups is 1. The molecule has 0 atom stereocenters. The van der Waals surface area contributed by atoms with E-state index in [1.54, 1.807) is 0 Å². The van der Waals surface area contributed by atoms with Crippen LogP contribution < -0.4 is 5.32 Å². The Balaban J connectivity index is 1.29. The third-order valence-electron chi connectivity index (χ3n) is 6.12. The molecule has 0 aromatic heterocycles. The number of oxime groups is 1. The third kappa shape index (κ3) is 3.88. The number of nitrogens with zero attached hydrogens (tertiary/aromatic N) is 2. The second kappa shape index (κ2) is 7.55. The van der Waals surface area contributed by atoms with Crippen LogP contribution in [0.4, 0.5) is 0 Å². The fraction of sp³-hybridized carbons (Fsp3) is 0.619. The van der Waals surface area contributed by atoms with Gasteiger partial charge in [0, 0.05) is 38.4 Å². The lowest BCUT2D eigenvalue weighted by Crippen LogP contribution is -2.52. The molecular formula is C21H29N3OS. The number of aryl methyl sites for hydroxylation is 1. The molecule has 0 bridgehead atoms. The van der Waals surface area contributed by atoms with Crippen molar-refractivity contribution in [3.05, 3.63) is 35.4 Å². The maximum absolute atomic E-state index is 5.95. The van der Waals surface area contributed by atoms with Crippen molar-refractivity contribution in [3.8, 4) is 0 Å². The molecule has 2 aliphatic heterocycles. The Kier molecular flexibility index (Phi) is 5.16. The standard InChI is InChI=1S/C21H29N3OS/c1-16-7-9-17(10-8-16)19-15-21(25-23-19)11-13-24(14-12-21)20(26)22-18-5-3-2-4-6-18/h7-10,18H,2-6,11-15H2,1H3,(H,22,26). The van der Waals surface area contributed by atoms with Crippen LogP contribution in [0.3, 0.4) is 0 Å². The van der Waals surface area contributed by atoms with Crippen LogP contribution in [0, 0.1) is 6.92 Å². The summed E-state index contributed by atoms with van der Waals surface area (Å²) in [5.74, 6) is 0. The van der Waals surface area contributed by atoms with E-state index in [2.05, 4.69) is 46.6 Å². The fourth-order valence-corrected chi connectivity index (χ4v) is 4.67. The number of benzene rings is 1. The molecule has 1 N–H and O–H groups in total. The van der Waals surface area contributed by atoms with Crippen LogP contribution in [0.1, 0.15) is 62.5 Å². The molecule has 26 heavy (non-hydrogen) atoms. The van der Waals surface area contributed by atoms with Crippen molar-refractivity contribution >= 4 is 23.0 Å². The summed E-state index contributed by atoms with van der Waals surface area (Å²) in [5.41, 5.74) is 3.41. The predicted octanol–water partition coefficient (Wildman–Crippen LogP) is 4.16. The lowest BCUT2D eigenvalue weighted by Gasteiger charge is -2.39. The first-order chi connectivity index (χ1) is 12.6. The van der Waals surface area contributed by atoms with Crippen LogP contribution in [-0.4, -0.2) is 40.5 Å². The van der Waals surface area contributed by atoms with Crippen LogP contribution in [0.2, 0.25) is 0 Å². The van der Waals surface area contributed by atoms with Crippen molar-refractivity contribution < 1.29 is 4.84 Å². The first-order valence-corrected chi connectivity index (χ1v) is 10.4. The number of piperidine rings is 1. The number of nitrogens with one attached hydrogen (secondary N) is 1. The Morgan fingerprint density at radius 3 is 2.54 bits per heavy atom. The van der Waals surface area contributed by atoms with Crippen LogP contribution >= 0.6 is 12.2 Å². The monoisotopic (exact) mass is 371 g/mol. The Morgan fingerprint density at radius 1 is 1.15 bits per heavy atom. The lowest BCUT2D eigenvalue weighted by molar-refractivity contribution is -0.0525. The molecular weight excluding hydrogens is 342 g/mol. The van der Waals surface area contributed by atoms with Crippen molar-refractivity contribution in [1.29, 1.82) is 0 Å². The van der Waals surface area contributed by atoms with E-state index in [-0.39, 0.29) is 5.60 Å². The summed E-state index contributed by atoms with van der Waals surface area (Å²) in [5, 5.41) is 8.96. The number of rotatable bonds is 2. The summed E-state index contributed by atoms with van der Waals surface area (Å²) in [6.07, 6.45) is 9.43. The Hall–Kier alpha value is -1.62. The Bertz CT molecular complexity index is 671. The minimum atomic E-state index is -0.128. The van der Waals surface area contributed by atoms with Crippen LogP contribution in [0.15, 0.2) is 29.4 Å². The largest absolute Gasteiger partial charge is 0.388 e. The minimum absolute atomic E-state index is 0.128. The van der Waals surface area contributed by atoms with Crippen molar-refractivity contribution in [3.63, 3.8) is 0 Å². The van der Waals surface area contributed by atoms with E-state index < -0.39 is 0 Å². The van der Waals surface area contributed by atoms with Crippen molar-refractivity contribution in [2.45, 2.75) is 69.9 Å². The lowest BCUT2D eigenvalue weighted by atomic mass is 9.85. The highest BCUT2D eigenvalue weighted by atomic mass is 32.1. The summed E-state index contributed by atoms with van der Waals surface area (Å²) in [4.78, 5) is 8.28. The highest BCUT2D eigenvalue weighted by Gasteiger charge is 2.42. The van der Waals surface area contributed by atoms with Crippen molar-refractivity contribution in [2.75, 3.05) is 13.1 Å². The fourth-order valence-electron chi connectivity index (χ4n) is 4.32. The van der Waals surface area contributed by atoms with Gasteiger partial charge in [-0.15, -0.1) is 0 Å². The highest BCUT2D eigenvalue weighted by Crippen LogP contribution is 2.36. The molecule has 0 radical (unpaired) electrons. The normalized spacial score (nSPS) is 22.8. The molecule has 1 aromatic carbocycles. The quantitative estimate of drug-likeness (QED) is 0.792. The molecule has 1 aromatic rings. The van der Waals surface area contributed by atoms with Gasteiger partial charge in [0.2, 0.25) is 0 Å². The second-order valence-electron chi connectivity index (χ2n) is 8.13. The maximum atomic E-state index is 5.95. The third-order valence-corrected chi connectivity index (χ3v) is 6.49. The first kappa shape index (κ1) is 17.8. The second-order valence-corrected chi connectivity index (χ2v) is 8.51. The predicted molar refractivity (Wildman–Crippen MR) is 110 cm³/mol. The molecule has 0 amide bonds. The van der Waals surface area contributed by atoms with E-state index in [0.29, 0.717) is 6.04 Å². The molecule has 5 heteroatoms. The SMILES string of the molecule is Cc1ccc(C2=NOC3(CCN(C(=S)NC4CCCCC4)CC3)C2)cc1. The Labute approximate surface area is 162 Å². The molecule has 4 rings (SSSR count). The molecule has 140 valence electrons. The minimum Gasteiger partial charge on any atom is -0.388 e. The molecule has 4 nitrogen and oxygen atoms in total. The highest BCUT2D eigenvalue weighted by molar-refractivity contribution is 7.80. The van der Waals surface area contributed by atoms with Gasteiger partial charge in [-0.05, 0) is 37.5 Å². The van der Waals surface area contributed by atoms with Gasteiger partial charge in [-0.1, -0.05) is 54.2 Å². The summed E-state index contributed by atoms with van der Waals surface area (Å²) in [6, 6.07) is 9.15. The van der Waals surface area contributed by atoms with E-state index in [1.165, 1.54) is 43.2 Å². The number of likely N-dealkylation sites (tertiary alicyclic amines) is 1.